The van der Waals surface area contributed by atoms with Gasteiger partial charge in [0.05, 0.1) is 19.2 Å². The van der Waals surface area contributed by atoms with Gasteiger partial charge in [0.25, 0.3) is 5.56 Å². The minimum absolute atomic E-state index is 0.0935. The van der Waals surface area contributed by atoms with E-state index in [4.69, 9.17) is 4.74 Å². The van der Waals surface area contributed by atoms with E-state index in [1.165, 1.54) is 12.1 Å². The second-order valence-electron chi connectivity index (χ2n) is 9.79. The van der Waals surface area contributed by atoms with Crippen LogP contribution in [0.25, 0.3) is 0 Å². The molecule has 7 nitrogen and oxygen atoms in total. The van der Waals surface area contributed by atoms with Gasteiger partial charge in [-0.15, -0.1) is 0 Å². The minimum Gasteiger partial charge on any atom is -0.494 e. The summed E-state index contributed by atoms with van der Waals surface area (Å²) in [5, 5.41) is 4.11. The molecule has 1 aromatic heterocycles. The number of likely N-dealkylation sites (tertiary alicyclic amines) is 1. The SMILES string of the molecule is CCOc1ccc(C=NNC(=O)Cc2ccc(F)cc2)cc1CN1CC2CC(C1)c1cccc(=O)n1C2. The number of amides is 1. The lowest BCUT2D eigenvalue weighted by molar-refractivity contribution is -0.120. The van der Waals surface area contributed by atoms with Gasteiger partial charge in [-0.25, -0.2) is 9.82 Å². The highest BCUT2D eigenvalue weighted by atomic mass is 19.1. The van der Waals surface area contributed by atoms with Crippen LogP contribution >= 0.6 is 0 Å². The van der Waals surface area contributed by atoms with Crippen molar-refractivity contribution >= 4 is 12.1 Å². The summed E-state index contributed by atoms with van der Waals surface area (Å²) in [5.41, 5.74) is 6.41. The maximum atomic E-state index is 13.1. The summed E-state index contributed by atoms with van der Waals surface area (Å²) in [5.74, 6) is 1.03. The summed E-state index contributed by atoms with van der Waals surface area (Å²) in [6.45, 7) is 5.86. The lowest BCUT2D eigenvalue weighted by Crippen LogP contribution is -2.46. The quantitative estimate of drug-likeness (QED) is 0.377. The van der Waals surface area contributed by atoms with E-state index in [1.54, 1.807) is 24.4 Å². The van der Waals surface area contributed by atoms with Crippen LogP contribution in [0.5, 0.6) is 5.75 Å². The lowest BCUT2D eigenvalue weighted by atomic mass is 9.83. The molecule has 2 bridgehead atoms. The number of aromatic nitrogens is 1. The molecular weight excluding hydrogens is 471 g/mol. The molecule has 0 saturated carbocycles. The van der Waals surface area contributed by atoms with E-state index in [0.29, 0.717) is 18.4 Å². The summed E-state index contributed by atoms with van der Waals surface area (Å²) in [4.78, 5) is 27.0. The molecule has 3 heterocycles. The average Bonchev–Trinajstić information content (AvgIpc) is 2.88. The largest absolute Gasteiger partial charge is 0.494 e. The number of carbonyl (C=O) groups excluding carboxylic acids is 1. The summed E-state index contributed by atoms with van der Waals surface area (Å²) < 4.78 is 20.9. The molecule has 2 aliphatic heterocycles. The van der Waals surface area contributed by atoms with Gasteiger partial charge in [-0.1, -0.05) is 18.2 Å². The molecule has 2 aromatic carbocycles. The number of fused-ring (bicyclic) bond motifs is 4. The highest BCUT2D eigenvalue weighted by molar-refractivity contribution is 5.83. The monoisotopic (exact) mass is 502 g/mol. The molecule has 192 valence electrons. The van der Waals surface area contributed by atoms with E-state index < -0.39 is 0 Å². The van der Waals surface area contributed by atoms with Crippen molar-refractivity contribution in [1.82, 2.24) is 14.9 Å². The number of hydrazone groups is 1. The number of nitrogens with zero attached hydrogens (tertiary/aromatic N) is 3. The van der Waals surface area contributed by atoms with Crippen LogP contribution in [-0.4, -0.2) is 41.3 Å². The van der Waals surface area contributed by atoms with Crippen molar-refractivity contribution in [2.24, 2.45) is 11.0 Å². The van der Waals surface area contributed by atoms with Crippen LogP contribution in [0, 0.1) is 11.7 Å². The van der Waals surface area contributed by atoms with Crippen LogP contribution in [-0.2, 0) is 24.3 Å². The maximum Gasteiger partial charge on any atom is 0.250 e. The molecule has 0 radical (unpaired) electrons. The van der Waals surface area contributed by atoms with E-state index in [1.807, 2.05) is 35.8 Å². The molecule has 1 saturated heterocycles. The van der Waals surface area contributed by atoms with Crippen LogP contribution in [0.3, 0.4) is 0 Å². The Hall–Kier alpha value is -3.78. The number of piperidine rings is 1. The Bertz CT molecular complexity index is 1350. The highest BCUT2D eigenvalue weighted by Gasteiger charge is 2.34. The highest BCUT2D eigenvalue weighted by Crippen LogP contribution is 2.36. The van der Waals surface area contributed by atoms with Crippen molar-refractivity contribution in [1.29, 1.82) is 0 Å². The summed E-state index contributed by atoms with van der Waals surface area (Å²) in [6, 6.07) is 17.3. The standard InChI is InChI=1S/C29H31FN4O3/c1-2-37-27-11-8-21(15-31-32-28(35)14-20-6-9-25(30)10-7-20)12-24(27)19-33-16-22-13-23(18-33)26-4-3-5-29(36)34(26)17-22/h3-12,15,22-23H,2,13-14,16-19H2,1H3,(H,32,35). The number of carbonyl (C=O) groups is 1. The summed E-state index contributed by atoms with van der Waals surface area (Å²) >= 11 is 0. The van der Waals surface area contributed by atoms with Gasteiger partial charge in [-0.2, -0.15) is 5.10 Å². The molecule has 1 fully saturated rings. The van der Waals surface area contributed by atoms with E-state index in [-0.39, 0.29) is 23.7 Å². The Labute approximate surface area is 215 Å². The normalized spacial score (nSPS) is 19.0. The minimum atomic E-state index is -0.332. The Morgan fingerprint density at radius 1 is 1.14 bits per heavy atom. The van der Waals surface area contributed by atoms with Crippen LogP contribution in [0.1, 0.15) is 41.6 Å². The van der Waals surface area contributed by atoms with Gasteiger partial charge in [0.2, 0.25) is 5.91 Å². The van der Waals surface area contributed by atoms with Crippen LogP contribution < -0.4 is 15.7 Å². The van der Waals surface area contributed by atoms with E-state index in [0.717, 1.165) is 60.7 Å². The maximum absolute atomic E-state index is 13.1. The Morgan fingerprint density at radius 2 is 1.97 bits per heavy atom. The van der Waals surface area contributed by atoms with Gasteiger partial charge in [0, 0.05) is 49.4 Å². The zero-order valence-corrected chi connectivity index (χ0v) is 20.9. The zero-order chi connectivity index (χ0) is 25.8. The van der Waals surface area contributed by atoms with Crippen molar-refractivity contribution in [3.8, 4) is 5.75 Å². The predicted molar refractivity (Wildman–Crippen MR) is 140 cm³/mol. The number of rotatable bonds is 8. The first-order valence-corrected chi connectivity index (χ1v) is 12.7. The number of halogens is 1. The molecule has 2 unspecified atom stereocenters. The van der Waals surface area contributed by atoms with Crippen molar-refractivity contribution in [3.63, 3.8) is 0 Å². The third-order valence-corrected chi connectivity index (χ3v) is 7.01. The lowest BCUT2D eigenvalue weighted by Gasteiger charge is -2.43. The third-order valence-electron chi connectivity index (χ3n) is 7.01. The van der Waals surface area contributed by atoms with Gasteiger partial charge in [-0.05, 0) is 66.8 Å². The number of benzene rings is 2. The van der Waals surface area contributed by atoms with Gasteiger partial charge in [0.15, 0.2) is 0 Å². The van der Waals surface area contributed by atoms with E-state index in [2.05, 4.69) is 21.5 Å². The van der Waals surface area contributed by atoms with Crippen LogP contribution in [0.4, 0.5) is 4.39 Å². The van der Waals surface area contributed by atoms with Crippen LogP contribution in [0.15, 0.2) is 70.6 Å². The molecule has 2 aliphatic rings. The molecule has 0 aliphatic carbocycles. The first-order chi connectivity index (χ1) is 18.0. The number of ether oxygens (including phenoxy) is 1. The molecule has 0 spiro atoms. The number of pyridine rings is 1. The fourth-order valence-corrected chi connectivity index (χ4v) is 5.47. The molecule has 3 aromatic rings. The fourth-order valence-electron chi connectivity index (χ4n) is 5.47. The predicted octanol–water partition coefficient (Wildman–Crippen LogP) is 3.70. The second-order valence-corrected chi connectivity index (χ2v) is 9.79. The topological polar surface area (TPSA) is 75.9 Å². The van der Waals surface area contributed by atoms with Crippen molar-refractivity contribution < 1.29 is 13.9 Å². The van der Waals surface area contributed by atoms with E-state index in [9.17, 15) is 14.0 Å². The Morgan fingerprint density at radius 3 is 2.78 bits per heavy atom. The van der Waals surface area contributed by atoms with Gasteiger partial charge in [-0.3, -0.25) is 14.5 Å². The number of hydrogen-bond acceptors (Lipinski definition) is 5. The molecule has 1 N–H and O–H groups in total. The van der Waals surface area contributed by atoms with Gasteiger partial charge >= 0.3 is 0 Å². The molecule has 2 atom stereocenters. The molecule has 5 rings (SSSR count). The van der Waals surface area contributed by atoms with Crippen molar-refractivity contribution in [2.75, 3.05) is 19.7 Å². The zero-order valence-electron chi connectivity index (χ0n) is 20.9. The van der Waals surface area contributed by atoms with Gasteiger partial charge in [0.1, 0.15) is 11.6 Å². The van der Waals surface area contributed by atoms with Gasteiger partial charge < -0.3 is 9.30 Å². The number of nitrogens with one attached hydrogen (secondary N) is 1. The van der Waals surface area contributed by atoms with E-state index >= 15 is 0 Å². The third kappa shape index (κ3) is 5.97. The average molecular weight is 503 g/mol. The summed E-state index contributed by atoms with van der Waals surface area (Å²) in [7, 11) is 0. The molecule has 8 heteroatoms. The summed E-state index contributed by atoms with van der Waals surface area (Å²) in [6.07, 6.45) is 2.86. The van der Waals surface area contributed by atoms with Crippen molar-refractivity contribution in [2.45, 2.75) is 38.8 Å². The second kappa shape index (κ2) is 11.1. The Balaban J connectivity index is 1.26. The molecule has 37 heavy (non-hydrogen) atoms. The Kier molecular flexibility index (Phi) is 7.46. The molecule has 1 amide bonds. The molecular formula is C29H31FN4O3. The first-order valence-electron chi connectivity index (χ1n) is 12.7. The number of hydrogen-bond donors (Lipinski definition) is 1. The smallest absolute Gasteiger partial charge is 0.250 e. The fraction of sp³-hybridized carbons (Fsp3) is 0.345. The van der Waals surface area contributed by atoms with Crippen LogP contribution in [0.2, 0.25) is 0 Å². The van der Waals surface area contributed by atoms with Crippen molar-refractivity contribution in [3.05, 3.63) is 99.2 Å². The first kappa shape index (κ1) is 24.9.